The highest BCUT2D eigenvalue weighted by molar-refractivity contribution is 5.41. The summed E-state index contributed by atoms with van der Waals surface area (Å²) >= 11 is 0. The van der Waals surface area contributed by atoms with Crippen LogP contribution in [0.25, 0.3) is 0 Å². The molecule has 1 N–H and O–H groups in total. The average molecular weight is 277 g/mol. The van der Waals surface area contributed by atoms with E-state index >= 15 is 0 Å². The summed E-state index contributed by atoms with van der Waals surface area (Å²) < 4.78 is 5.03. The van der Waals surface area contributed by atoms with Gasteiger partial charge < -0.3 is 15.0 Å². The Labute approximate surface area is 122 Å². The molecule has 112 valence electrons. The van der Waals surface area contributed by atoms with Crippen LogP contribution in [-0.4, -0.2) is 49.3 Å². The summed E-state index contributed by atoms with van der Waals surface area (Å²) in [6.45, 7) is 8.46. The summed E-state index contributed by atoms with van der Waals surface area (Å²) in [5.74, 6) is 0.583. The van der Waals surface area contributed by atoms with E-state index in [1.807, 2.05) is 6.20 Å². The van der Waals surface area contributed by atoms with Gasteiger partial charge in [0, 0.05) is 37.9 Å². The van der Waals surface area contributed by atoms with Gasteiger partial charge in [-0.05, 0) is 45.4 Å². The third-order valence-electron chi connectivity index (χ3n) is 4.02. The summed E-state index contributed by atoms with van der Waals surface area (Å²) in [6, 6.07) is 4.93. The summed E-state index contributed by atoms with van der Waals surface area (Å²) in [7, 11) is 1.71. The molecule has 0 amide bonds. The van der Waals surface area contributed by atoms with Crippen LogP contribution in [-0.2, 0) is 4.74 Å². The second-order valence-electron chi connectivity index (χ2n) is 5.82. The molecule has 4 nitrogen and oxygen atoms in total. The highest BCUT2D eigenvalue weighted by Crippen LogP contribution is 2.27. The minimum atomic E-state index is 0.583. The normalized spacial score (nSPS) is 20.3. The molecule has 0 spiro atoms. The zero-order valence-corrected chi connectivity index (χ0v) is 12.9. The summed E-state index contributed by atoms with van der Waals surface area (Å²) in [5.41, 5.74) is 2.30. The first kappa shape index (κ1) is 15.3. The topological polar surface area (TPSA) is 37.4 Å². The van der Waals surface area contributed by atoms with Gasteiger partial charge in [0.15, 0.2) is 0 Å². The number of nitrogens with one attached hydrogen (secondary N) is 1. The molecule has 0 saturated carbocycles. The highest BCUT2D eigenvalue weighted by atomic mass is 16.5. The van der Waals surface area contributed by atoms with Gasteiger partial charge in [0.1, 0.15) is 0 Å². The lowest BCUT2D eigenvalue weighted by molar-refractivity contribution is 0.166. The van der Waals surface area contributed by atoms with Gasteiger partial charge in [-0.3, -0.25) is 4.98 Å². The van der Waals surface area contributed by atoms with Gasteiger partial charge in [0.05, 0.1) is 18.5 Å². The van der Waals surface area contributed by atoms with Crippen molar-refractivity contribution < 1.29 is 4.74 Å². The van der Waals surface area contributed by atoms with Gasteiger partial charge in [-0.25, -0.2) is 0 Å². The predicted octanol–water partition coefficient (Wildman–Crippen LogP) is 2.73. The quantitative estimate of drug-likeness (QED) is 0.811. The van der Waals surface area contributed by atoms with Crippen LogP contribution < -0.4 is 5.32 Å². The summed E-state index contributed by atoms with van der Waals surface area (Å²) in [6.07, 6.45) is 4.48. The predicted molar refractivity (Wildman–Crippen MR) is 83.3 cm³/mol. The average Bonchev–Trinajstić information content (AvgIpc) is 2.48. The first-order valence-electron chi connectivity index (χ1n) is 7.63. The van der Waals surface area contributed by atoms with Crippen molar-refractivity contribution in [2.45, 2.75) is 38.6 Å². The minimum Gasteiger partial charge on any atom is -0.383 e. The molecular weight excluding hydrogens is 250 g/mol. The third-order valence-corrected chi connectivity index (χ3v) is 4.02. The van der Waals surface area contributed by atoms with Crippen LogP contribution >= 0.6 is 0 Å². The molecule has 0 bridgehead atoms. The Kier molecular flexibility index (Phi) is 5.80. The Hall–Kier alpha value is -1.13. The van der Waals surface area contributed by atoms with E-state index in [1.165, 1.54) is 25.1 Å². The van der Waals surface area contributed by atoms with Crippen molar-refractivity contribution in [3.63, 3.8) is 0 Å². The smallest absolute Gasteiger partial charge is 0.0635 e. The molecule has 1 saturated heterocycles. The number of piperidine rings is 1. The van der Waals surface area contributed by atoms with Crippen molar-refractivity contribution in [3.8, 4) is 0 Å². The Morgan fingerprint density at radius 3 is 2.95 bits per heavy atom. The fourth-order valence-corrected chi connectivity index (χ4v) is 2.77. The number of nitrogens with zero attached hydrogens (tertiary/aromatic N) is 2. The molecule has 1 fully saturated rings. The van der Waals surface area contributed by atoms with Crippen molar-refractivity contribution in [1.29, 1.82) is 0 Å². The van der Waals surface area contributed by atoms with E-state index in [4.69, 9.17) is 4.74 Å². The lowest BCUT2D eigenvalue weighted by Gasteiger charge is -2.35. The van der Waals surface area contributed by atoms with Crippen molar-refractivity contribution in [2.24, 2.45) is 0 Å². The molecule has 1 aromatic heterocycles. The maximum Gasteiger partial charge on any atom is 0.0635 e. The Morgan fingerprint density at radius 2 is 2.30 bits per heavy atom. The van der Waals surface area contributed by atoms with E-state index in [0.29, 0.717) is 18.6 Å². The Morgan fingerprint density at radius 1 is 1.45 bits per heavy atom. The molecule has 1 atom stereocenters. The number of ether oxygens (including phenoxy) is 1. The van der Waals surface area contributed by atoms with Gasteiger partial charge in [0.25, 0.3) is 0 Å². The maximum atomic E-state index is 5.03. The van der Waals surface area contributed by atoms with Crippen molar-refractivity contribution >= 4 is 5.69 Å². The van der Waals surface area contributed by atoms with Crippen molar-refractivity contribution in [2.75, 3.05) is 38.7 Å². The maximum absolute atomic E-state index is 5.03. The monoisotopic (exact) mass is 277 g/mol. The zero-order chi connectivity index (χ0) is 14.4. The molecule has 0 unspecified atom stereocenters. The fourth-order valence-electron chi connectivity index (χ4n) is 2.77. The van der Waals surface area contributed by atoms with E-state index in [9.17, 15) is 0 Å². The molecule has 2 rings (SSSR count). The van der Waals surface area contributed by atoms with Crippen molar-refractivity contribution in [1.82, 2.24) is 9.88 Å². The molecular formula is C16H27N3O. The lowest BCUT2D eigenvalue weighted by Crippen LogP contribution is -2.39. The number of pyridine rings is 1. The molecule has 0 aliphatic carbocycles. The highest BCUT2D eigenvalue weighted by Gasteiger charge is 2.23. The second-order valence-corrected chi connectivity index (χ2v) is 5.82. The molecule has 0 radical (unpaired) electrons. The Bertz CT molecular complexity index is 391. The van der Waals surface area contributed by atoms with Crippen LogP contribution in [0.2, 0.25) is 0 Å². The van der Waals surface area contributed by atoms with E-state index < -0.39 is 0 Å². The molecule has 1 aromatic rings. The number of aromatic nitrogens is 1. The molecule has 0 aromatic carbocycles. The van der Waals surface area contributed by atoms with Crippen LogP contribution in [0.4, 0.5) is 5.69 Å². The second kappa shape index (κ2) is 7.60. The van der Waals surface area contributed by atoms with E-state index in [2.05, 4.69) is 41.2 Å². The van der Waals surface area contributed by atoms with Gasteiger partial charge in [-0.15, -0.1) is 0 Å². The van der Waals surface area contributed by atoms with Crippen molar-refractivity contribution in [3.05, 3.63) is 24.0 Å². The standard InChI is InChI=1S/C16H27N3O/c1-13(2)19-9-4-5-14(12-19)16-7-6-15(11-18-16)17-8-10-20-3/h6-7,11,13-14,17H,4-5,8-10,12H2,1-3H3/t14-/m1/s1. The number of methoxy groups -OCH3 is 1. The summed E-state index contributed by atoms with van der Waals surface area (Å²) in [5, 5.41) is 3.30. The number of hydrogen-bond donors (Lipinski definition) is 1. The Balaban J connectivity index is 1.92. The van der Waals surface area contributed by atoms with Gasteiger partial charge >= 0.3 is 0 Å². The SMILES string of the molecule is COCCNc1ccc([C@@H]2CCCN(C(C)C)C2)nc1. The largest absolute Gasteiger partial charge is 0.383 e. The zero-order valence-electron chi connectivity index (χ0n) is 12.9. The molecule has 1 aliphatic rings. The molecule has 2 heterocycles. The van der Waals surface area contributed by atoms with Crippen LogP contribution in [0, 0.1) is 0 Å². The molecule has 4 heteroatoms. The van der Waals surface area contributed by atoms with Crippen LogP contribution in [0.1, 0.15) is 38.3 Å². The minimum absolute atomic E-state index is 0.583. The number of anilines is 1. The van der Waals surface area contributed by atoms with Gasteiger partial charge in [-0.2, -0.15) is 0 Å². The fraction of sp³-hybridized carbons (Fsp3) is 0.688. The first-order chi connectivity index (χ1) is 9.70. The van der Waals surface area contributed by atoms with Crippen LogP contribution in [0.5, 0.6) is 0 Å². The molecule has 20 heavy (non-hydrogen) atoms. The van der Waals surface area contributed by atoms with E-state index in [0.717, 1.165) is 18.8 Å². The van der Waals surface area contributed by atoms with Crippen LogP contribution in [0.3, 0.4) is 0 Å². The summed E-state index contributed by atoms with van der Waals surface area (Å²) in [4.78, 5) is 7.20. The van der Waals surface area contributed by atoms with Crippen LogP contribution in [0.15, 0.2) is 18.3 Å². The van der Waals surface area contributed by atoms with Gasteiger partial charge in [0.2, 0.25) is 0 Å². The molecule has 1 aliphatic heterocycles. The number of hydrogen-bond acceptors (Lipinski definition) is 4. The number of likely N-dealkylation sites (tertiary alicyclic amines) is 1. The van der Waals surface area contributed by atoms with Gasteiger partial charge in [-0.1, -0.05) is 0 Å². The lowest BCUT2D eigenvalue weighted by atomic mass is 9.93. The van der Waals surface area contributed by atoms with E-state index in [-0.39, 0.29) is 0 Å². The third kappa shape index (κ3) is 4.18. The first-order valence-corrected chi connectivity index (χ1v) is 7.63. The van der Waals surface area contributed by atoms with E-state index in [1.54, 1.807) is 7.11 Å². The number of rotatable bonds is 6.